The highest BCUT2D eigenvalue weighted by Gasteiger charge is 2.13. The molecule has 0 fully saturated rings. The van der Waals surface area contributed by atoms with Gasteiger partial charge in [-0.05, 0) is 49.7 Å². The quantitative estimate of drug-likeness (QED) is 0.659. The van der Waals surface area contributed by atoms with Gasteiger partial charge in [-0.15, -0.1) is 0 Å². The van der Waals surface area contributed by atoms with E-state index in [1.807, 2.05) is 36.9 Å². The predicted octanol–water partition coefficient (Wildman–Crippen LogP) is 3.58. The van der Waals surface area contributed by atoms with Crippen molar-refractivity contribution in [1.29, 1.82) is 5.41 Å². The lowest BCUT2D eigenvalue weighted by Gasteiger charge is -2.24. The number of hydrogen-bond acceptors (Lipinski definition) is 2. The number of nitrogens with zero attached hydrogens (tertiary/aromatic N) is 1. The van der Waals surface area contributed by atoms with Crippen molar-refractivity contribution in [2.24, 2.45) is 5.73 Å². The number of hydrogen-bond donors (Lipinski definition) is 2. The smallest absolute Gasteiger partial charge is 0.146 e. The van der Waals surface area contributed by atoms with Gasteiger partial charge in [0.15, 0.2) is 0 Å². The Hall–Kier alpha value is -2.36. The molecule has 0 spiro atoms. The molecule has 0 aromatic heterocycles. The number of benzene rings is 2. The lowest BCUT2D eigenvalue weighted by molar-refractivity contribution is 0.625. The van der Waals surface area contributed by atoms with Crippen LogP contribution in [0.3, 0.4) is 0 Å². The third-order valence-corrected chi connectivity index (χ3v) is 3.27. The fourth-order valence-electron chi connectivity index (χ4n) is 2.28. The molecule has 0 saturated carbocycles. The molecule has 0 atom stereocenters. The van der Waals surface area contributed by atoms with Gasteiger partial charge in [0.25, 0.3) is 0 Å². The first-order valence-electron chi connectivity index (χ1n) is 6.51. The molecule has 3 N–H and O–H groups in total. The van der Waals surface area contributed by atoms with Crippen molar-refractivity contribution in [3.05, 3.63) is 59.4 Å². The number of nitrogen functional groups attached to an aromatic ring is 1. The molecule has 0 amide bonds. The molecule has 4 heteroatoms. The van der Waals surface area contributed by atoms with Crippen molar-refractivity contribution in [3.8, 4) is 0 Å². The summed E-state index contributed by atoms with van der Waals surface area (Å²) in [6.45, 7) is 4.52. The molecule has 2 rings (SSSR count). The molecule has 2 aromatic rings. The zero-order chi connectivity index (χ0) is 14.7. The summed E-state index contributed by atoms with van der Waals surface area (Å²) in [5.74, 6) is -0.203. The van der Waals surface area contributed by atoms with E-state index in [9.17, 15) is 4.39 Å². The largest absolute Gasteiger partial charge is 0.384 e. The summed E-state index contributed by atoms with van der Waals surface area (Å²) in [5.41, 5.74) is 8.57. The molecule has 2 aromatic carbocycles. The lowest BCUT2D eigenvalue weighted by atomic mass is 10.1. The molecule has 0 aliphatic heterocycles. The molecular weight excluding hydrogens is 253 g/mol. The Bertz CT molecular complexity index is 637. The van der Waals surface area contributed by atoms with Gasteiger partial charge in [0.05, 0.1) is 5.69 Å². The summed E-state index contributed by atoms with van der Waals surface area (Å²) in [6.07, 6.45) is 0. The van der Waals surface area contributed by atoms with Crippen molar-refractivity contribution >= 4 is 17.2 Å². The zero-order valence-corrected chi connectivity index (χ0v) is 11.7. The minimum absolute atomic E-state index is 0.0444. The summed E-state index contributed by atoms with van der Waals surface area (Å²) >= 11 is 0. The van der Waals surface area contributed by atoms with Gasteiger partial charge < -0.3 is 10.6 Å². The summed E-state index contributed by atoms with van der Waals surface area (Å²) in [5, 5.41) is 7.50. The number of anilines is 2. The van der Waals surface area contributed by atoms with E-state index in [4.69, 9.17) is 11.1 Å². The van der Waals surface area contributed by atoms with Crippen LogP contribution in [0.5, 0.6) is 0 Å². The zero-order valence-electron chi connectivity index (χ0n) is 11.7. The molecule has 3 nitrogen and oxygen atoms in total. The Morgan fingerprint density at radius 3 is 2.50 bits per heavy atom. The van der Waals surface area contributed by atoms with Crippen LogP contribution in [0.15, 0.2) is 42.5 Å². The van der Waals surface area contributed by atoms with Crippen molar-refractivity contribution < 1.29 is 4.39 Å². The third kappa shape index (κ3) is 2.64. The normalized spacial score (nSPS) is 10.3. The van der Waals surface area contributed by atoms with Crippen LogP contribution in [0.4, 0.5) is 15.8 Å². The van der Waals surface area contributed by atoms with Gasteiger partial charge in [-0.2, -0.15) is 0 Å². The van der Waals surface area contributed by atoms with Gasteiger partial charge in [-0.3, -0.25) is 5.41 Å². The molecule has 0 unspecified atom stereocenters. The summed E-state index contributed by atoms with van der Waals surface area (Å²) in [6, 6.07) is 12.3. The van der Waals surface area contributed by atoms with Crippen molar-refractivity contribution in [2.75, 3.05) is 11.4 Å². The third-order valence-electron chi connectivity index (χ3n) is 3.27. The first kappa shape index (κ1) is 14.1. The summed E-state index contributed by atoms with van der Waals surface area (Å²) < 4.78 is 13.9. The number of halogens is 1. The number of amidine groups is 1. The summed E-state index contributed by atoms with van der Waals surface area (Å²) in [7, 11) is 0. The molecule has 0 aliphatic carbocycles. The van der Waals surface area contributed by atoms with Crippen molar-refractivity contribution in [1.82, 2.24) is 0 Å². The van der Waals surface area contributed by atoms with Gasteiger partial charge in [-0.25, -0.2) is 4.39 Å². The van der Waals surface area contributed by atoms with Gasteiger partial charge in [-0.1, -0.05) is 12.1 Å². The van der Waals surface area contributed by atoms with Crippen LogP contribution in [0.25, 0.3) is 0 Å². The Morgan fingerprint density at radius 1 is 1.25 bits per heavy atom. The van der Waals surface area contributed by atoms with Crippen molar-refractivity contribution in [2.45, 2.75) is 13.8 Å². The van der Waals surface area contributed by atoms with E-state index in [1.165, 1.54) is 6.07 Å². The fourth-order valence-corrected chi connectivity index (χ4v) is 2.28. The lowest BCUT2D eigenvalue weighted by Crippen LogP contribution is -2.18. The van der Waals surface area contributed by atoms with E-state index in [2.05, 4.69) is 0 Å². The monoisotopic (exact) mass is 271 g/mol. The SMILES string of the molecule is CCN(c1ccc(C(=N)N)c(C)c1)c1ccccc1F. The van der Waals surface area contributed by atoms with Crippen LogP contribution in [-0.2, 0) is 0 Å². The van der Waals surface area contributed by atoms with Gasteiger partial charge >= 0.3 is 0 Å². The van der Waals surface area contributed by atoms with E-state index in [0.29, 0.717) is 17.8 Å². The molecule has 0 heterocycles. The Labute approximate surface area is 118 Å². The van der Waals surface area contributed by atoms with Gasteiger partial charge in [0.2, 0.25) is 0 Å². The topological polar surface area (TPSA) is 53.1 Å². The summed E-state index contributed by atoms with van der Waals surface area (Å²) in [4.78, 5) is 1.90. The van der Waals surface area contributed by atoms with E-state index in [0.717, 1.165) is 11.3 Å². The highest BCUT2D eigenvalue weighted by molar-refractivity contribution is 5.96. The first-order valence-corrected chi connectivity index (χ1v) is 6.51. The number of para-hydroxylation sites is 1. The molecule has 0 aliphatic rings. The van der Waals surface area contributed by atoms with Crippen LogP contribution in [-0.4, -0.2) is 12.4 Å². The van der Waals surface area contributed by atoms with Crippen molar-refractivity contribution in [3.63, 3.8) is 0 Å². The van der Waals surface area contributed by atoms with Crippen LogP contribution in [0.1, 0.15) is 18.1 Å². The molecule has 104 valence electrons. The molecule has 0 radical (unpaired) electrons. The second-order valence-electron chi connectivity index (χ2n) is 4.61. The minimum Gasteiger partial charge on any atom is -0.384 e. The minimum atomic E-state index is -0.248. The number of aryl methyl sites for hydroxylation is 1. The van der Waals surface area contributed by atoms with E-state index in [-0.39, 0.29) is 11.7 Å². The standard InChI is InChI=1S/C16H18FN3/c1-3-20(15-7-5-4-6-14(15)17)12-8-9-13(16(18)19)11(2)10-12/h4-10H,3H2,1-2H3,(H3,18,19). The second-order valence-corrected chi connectivity index (χ2v) is 4.61. The number of rotatable bonds is 4. The van der Waals surface area contributed by atoms with Gasteiger partial charge in [0, 0.05) is 17.8 Å². The Kier molecular flexibility index (Phi) is 4.03. The molecule has 20 heavy (non-hydrogen) atoms. The molecule has 0 bridgehead atoms. The maximum absolute atomic E-state index is 13.9. The van der Waals surface area contributed by atoms with Gasteiger partial charge in [0.1, 0.15) is 11.7 Å². The second kappa shape index (κ2) is 5.74. The first-order chi connectivity index (χ1) is 9.54. The van der Waals surface area contributed by atoms with Crippen LogP contribution < -0.4 is 10.6 Å². The predicted molar refractivity (Wildman–Crippen MR) is 81.3 cm³/mol. The average molecular weight is 271 g/mol. The van der Waals surface area contributed by atoms with E-state index < -0.39 is 0 Å². The fraction of sp³-hybridized carbons (Fsp3) is 0.188. The highest BCUT2D eigenvalue weighted by atomic mass is 19.1. The van der Waals surface area contributed by atoms with Crippen LogP contribution >= 0.6 is 0 Å². The average Bonchev–Trinajstić information content (AvgIpc) is 2.41. The Morgan fingerprint density at radius 2 is 1.95 bits per heavy atom. The van der Waals surface area contributed by atoms with E-state index in [1.54, 1.807) is 18.2 Å². The molecular formula is C16H18FN3. The Balaban J connectivity index is 2.46. The molecule has 0 saturated heterocycles. The number of nitrogens with two attached hydrogens (primary N) is 1. The van der Waals surface area contributed by atoms with Crippen LogP contribution in [0.2, 0.25) is 0 Å². The van der Waals surface area contributed by atoms with E-state index >= 15 is 0 Å². The number of nitrogens with one attached hydrogen (secondary N) is 1. The maximum atomic E-state index is 13.9. The maximum Gasteiger partial charge on any atom is 0.146 e. The van der Waals surface area contributed by atoms with Crippen LogP contribution in [0, 0.1) is 18.2 Å². The highest BCUT2D eigenvalue weighted by Crippen LogP contribution is 2.28.